The van der Waals surface area contributed by atoms with Gasteiger partial charge in [-0.3, -0.25) is 9.59 Å². The monoisotopic (exact) mass is 402 g/mol. The van der Waals surface area contributed by atoms with E-state index in [0.717, 1.165) is 0 Å². The molecule has 29 heavy (non-hydrogen) atoms. The van der Waals surface area contributed by atoms with E-state index < -0.39 is 6.16 Å². The molecule has 1 saturated carbocycles. The highest BCUT2D eigenvalue weighted by molar-refractivity contribution is 5.94. The summed E-state index contributed by atoms with van der Waals surface area (Å²) in [5.74, 6) is 1.01. The maximum absolute atomic E-state index is 12.7. The second kappa shape index (κ2) is 10.3. The van der Waals surface area contributed by atoms with Crippen molar-refractivity contribution in [3.8, 4) is 5.75 Å². The average Bonchev–Trinajstić information content (AvgIpc) is 2.75. The quantitative estimate of drug-likeness (QED) is 0.557. The van der Waals surface area contributed by atoms with E-state index in [1.165, 1.54) is 32.1 Å². The number of ether oxygens (including phenoxy) is 2. The van der Waals surface area contributed by atoms with Crippen LogP contribution in [0.3, 0.4) is 0 Å². The van der Waals surface area contributed by atoms with Crippen LogP contribution in [0.25, 0.3) is 0 Å². The van der Waals surface area contributed by atoms with Gasteiger partial charge in [-0.1, -0.05) is 19.3 Å². The molecule has 1 saturated heterocycles. The molecule has 0 radical (unpaired) electrons. The molecule has 0 atom stereocenters. The van der Waals surface area contributed by atoms with E-state index in [9.17, 15) is 14.4 Å². The highest BCUT2D eigenvalue weighted by atomic mass is 16.7. The van der Waals surface area contributed by atoms with Gasteiger partial charge in [0.2, 0.25) is 5.91 Å². The van der Waals surface area contributed by atoms with Gasteiger partial charge in [-0.25, -0.2) is 4.79 Å². The van der Waals surface area contributed by atoms with Crippen LogP contribution in [0, 0.1) is 5.92 Å². The summed E-state index contributed by atoms with van der Waals surface area (Å²) < 4.78 is 9.73. The number of hydrogen-bond donors (Lipinski definition) is 0. The maximum Gasteiger partial charge on any atom is 0.513 e. The first-order valence-corrected chi connectivity index (χ1v) is 10.6. The van der Waals surface area contributed by atoms with Gasteiger partial charge >= 0.3 is 6.16 Å². The van der Waals surface area contributed by atoms with Crippen LogP contribution in [0.1, 0.15) is 55.8 Å². The predicted octanol–water partition coefficient (Wildman–Crippen LogP) is 3.48. The van der Waals surface area contributed by atoms with E-state index in [4.69, 9.17) is 9.47 Å². The summed E-state index contributed by atoms with van der Waals surface area (Å²) in [5.41, 5.74) is 0.531. The van der Waals surface area contributed by atoms with Crippen molar-refractivity contribution in [2.75, 3.05) is 32.8 Å². The molecular formula is C22H30N2O5. The molecule has 0 aromatic heterocycles. The maximum atomic E-state index is 12.7. The molecule has 0 spiro atoms. The SMILES string of the molecule is CCOC(=O)Oc1ccc(C(=O)N2CCN(C(=O)CC3CCCCC3)CC2)cc1. The van der Waals surface area contributed by atoms with Gasteiger partial charge in [-0.2, -0.15) is 0 Å². The molecule has 2 aliphatic rings. The Balaban J connectivity index is 1.46. The third-order valence-corrected chi connectivity index (χ3v) is 5.67. The fourth-order valence-corrected chi connectivity index (χ4v) is 4.02. The topological polar surface area (TPSA) is 76.2 Å². The lowest BCUT2D eigenvalue weighted by Crippen LogP contribution is -2.50. The molecule has 0 bridgehead atoms. The van der Waals surface area contributed by atoms with Crippen LogP contribution in [0.2, 0.25) is 0 Å². The molecule has 1 aromatic carbocycles. The fraction of sp³-hybridized carbons (Fsp3) is 0.591. The first-order chi connectivity index (χ1) is 14.1. The molecule has 0 unspecified atom stereocenters. The summed E-state index contributed by atoms with van der Waals surface area (Å²) in [6.45, 7) is 4.19. The molecule has 2 amide bonds. The van der Waals surface area contributed by atoms with Crippen molar-refractivity contribution >= 4 is 18.0 Å². The molecule has 7 heteroatoms. The van der Waals surface area contributed by atoms with E-state index in [0.29, 0.717) is 49.8 Å². The number of benzene rings is 1. The Morgan fingerprint density at radius 1 is 0.931 bits per heavy atom. The zero-order valence-electron chi connectivity index (χ0n) is 17.1. The molecule has 3 rings (SSSR count). The van der Waals surface area contributed by atoms with Crippen molar-refractivity contribution in [1.82, 2.24) is 9.80 Å². The Bertz CT molecular complexity index is 704. The number of carbonyl (C=O) groups excluding carboxylic acids is 3. The smallest absolute Gasteiger partial charge is 0.434 e. The normalized spacial score (nSPS) is 17.7. The van der Waals surface area contributed by atoms with E-state index >= 15 is 0 Å². The number of nitrogens with zero attached hydrogens (tertiary/aromatic N) is 2. The van der Waals surface area contributed by atoms with Gasteiger partial charge in [-0.15, -0.1) is 0 Å². The van der Waals surface area contributed by atoms with E-state index in [1.807, 2.05) is 4.90 Å². The second-order valence-electron chi connectivity index (χ2n) is 7.69. The Hall–Kier alpha value is -2.57. The fourth-order valence-electron chi connectivity index (χ4n) is 4.02. The molecule has 1 heterocycles. The third kappa shape index (κ3) is 5.95. The molecule has 158 valence electrons. The summed E-state index contributed by atoms with van der Waals surface area (Å²) in [4.78, 5) is 40.3. The van der Waals surface area contributed by atoms with Crippen molar-refractivity contribution in [2.24, 2.45) is 5.92 Å². The number of piperazine rings is 1. The molecule has 7 nitrogen and oxygen atoms in total. The van der Waals surface area contributed by atoms with Crippen LogP contribution >= 0.6 is 0 Å². The lowest BCUT2D eigenvalue weighted by molar-refractivity contribution is -0.133. The van der Waals surface area contributed by atoms with Gasteiger partial charge in [0.25, 0.3) is 5.91 Å². The largest absolute Gasteiger partial charge is 0.513 e. The minimum absolute atomic E-state index is 0.0768. The number of hydrogen-bond acceptors (Lipinski definition) is 5. The second-order valence-corrected chi connectivity index (χ2v) is 7.69. The standard InChI is InChI=1S/C22H30N2O5/c1-2-28-22(27)29-19-10-8-18(9-11-19)21(26)24-14-12-23(13-15-24)20(25)16-17-6-4-3-5-7-17/h8-11,17H,2-7,12-16H2,1H3. The van der Waals surface area contributed by atoms with E-state index in [2.05, 4.69) is 0 Å². The van der Waals surface area contributed by atoms with Gasteiger partial charge < -0.3 is 19.3 Å². The Labute approximate surface area is 171 Å². The highest BCUT2D eigenvalue weighted by Crippen LogP contribution is 2.27. The van der Waals surface area contributed by atoms with Crippen LogP contribution in [0.4, 0.5) is 4.79 Å². The zero-order valence-corrected chi connectivity index (χ0v) is 17.1. The zero-order chi connectivity index (χ0) is 20.6. The van der Waals surface area contributed by atoms with Crippen molar-refractivity contribution in [2.45, 2.75) is 45.4 Å². The molecule has 0 N–H and O–H groups in total. The van der Waals surface area contributed by atoms with Crippen LogP contribution < -0.4 is 4.74 Å². The lowest BCUT2D eigenvalue weighted by Gasteiger charge is -2.35. The first kappa shape index (κ1) is 21.1. The predicted molar refractivity (Wildman–Crippen MR) is 108 cm³/mol. The van der Waals surface area contributed by atoms with Gasteiger partial charge in [0.05, 0.1) is 6.61 Å². The highest BCUT2D eigenvalue weighted by Gasteiger charge is 2.26. The molecule has 2 fully saturated rings. The van der Waals surface area contributed by atoms with Gasteiger partial charge in [0.1, 0.15) is 5.75 Å². The Morgan fingerprint density at radius 3 is 2.17 bits per heavy atom. The van der Waals surface area contributed by atoms with Crippen LogP contribution in [0.15, 0.2) is 24.3 Å². The van der Waals surface area contributed by atoms with E-state index in [1.54, 1.807) is 36.1 Å². The molecule has 1 aromatic rings. The number of rotatable bonds is 5. The number of amides is 2. The molecular weight excluding hydrogens is 372 g/mol. The summed E-state index contributed by atoms with van der Waals surface area (Å²) in [6.07, 6.45) is 5.99. The van der Waals surface area contributed by atoms with Gasteiger partial charge in [-0.05, 0) is 49.9 Å². The summed E-state index contributed by atoms with van der Waals surface area (Å²) in [6, 6.07) is 6.43. The first-order valence-electron chi connectivity index (χ1n) is 10.6. The van der Waals surface area contributed by atoms with Crippen LogP contribution in [-0.2, 0) is 9.53 Å². The lowest BCUT2D eigenvalue weighted by atomic mass is 9.86. The van der Waals surface area contributed by atoms with Gasteiger partial charge in [0, 0.05) is 38.2 Å². The molecule has 1 aliphatic heterocycles. The van der Waals surface area contributed by atoms with Crippen molar-refractivity contribution in [1.29, 1.82) is 0 Å². The minimum atomic E-state index is -0.763. The molecule has 1 aliphatic carbocycles. The average molecular weight is 402 g/mol. The van der Waals surface area contributed by atoms with Gasteiger partial charge in [0.15, 0.2) is 0 Å². The Morgan fingerprint density at radius 2 is 1.55 bits per heavy atom. The van der Waals surface area contributed by atoms with Crippen molar-refractivity contribution in [3.63, 3.8) is 0 Å². The van der Waals surface area contributed by atoms with E-state index in [-0.39, 0.29) is 18.4 Å². The van der Waals surface area contributed by atoms with Crippen LogP contribution in [0.5, 0.6) is 5.75 Å². The van der Waals surface area contributed by atoms with Crippen molar-refractivity contribution < 1.29 is 23.9 Å². The van der Waals surface area contributed by atoms with Crippen LogP contribution in [-0.4, -0.2) is 60.6 Å². The summed E-state index contributed by atoms with van der Waals surface area (Å²) in [7, 11) is 0. The third-order valence-electron chi connectivity index (χ3n) is 5.67. The number of carbonyl (C=O) groups is 3. The minimum Gasteiger partial charge on any atom is -0.434 e. The Kier molecular flexibility index (Phi) is 7.49. The summed E-state index contributed by atoms with van der Waals surface area (Å²) >= 11 is 0. The summed E-state index contributed by atoms with van der Waals surface area (Å²) in [5, 5.41) is 0. The van der Waals surface area contributed by atoms with Crippen molar-refractivity contribution in [3.05, 3.63) is 29.8 Å².